The lowest BCUT2D eigenvalue weighted by atomic mass is 10.0. The summed E-state index contributed by atoms with van der Waals surface area (Å²) in [4.78, 5) is 0. The molecule has 2 aliphatic rings. The Morgan fingerprint density at radius 2 is 2.10 bits per heavy atom. The third kappa shape index (κ3) is 1.73. The van der Waals surface area contributed by atoms with E-state index in [0.29, 0.717) is 13.2 Å². The molecule has 0 saturated carbocycles. The third-order valence-corrected chi connectivity index (χ3v) is 3.93. The number of aryl methyl sites for hydroxylation is 1. The van der Waals surface area contributed by atoms with Gasteiger partial charge in [0.25, 0.3) is 0 Å². The van der Waals surface area contributed by atoms with Gasteiger partial charge in [-0.15, -0.1) is 0 Å². The predicted octanol–water partition coefficient (Wildman–Crippen LogP) is 2.37. The van der Waals surface area contributed by atoms with E-state index >= 15 is 0 Å². The van der Waals surface area contributed by atoms with Crippen LogP contribution in [0.4, 0.5) is 5.82 Å². The highest BCUT2D eigenvalue weighted by Gasteiger charge is 2.24. The largest absolute Gasteiger partial charge is 0.486 e. The standard InChI is InChI=1S/C15H17N3O2/c1-10-9-17-18-12(4-5-16-15(10)18)11-2-3-13-14(8-11)20-7-6-19-13/h2-3,8-9,12,16H,4-7H2,1H3. The number of aromatic nitrogens is 2. The Morgan fingerprint density at radius 3 is 3.00 bits per heavy atom. The van der Waals surface area contributed by atoms with Crippen molar-refractivity contribution in [3.05, 3.63) is 35.5 Å². The van der Waals surface area contributed by atoms with Crippen LogP contribution in [0.5, 0.6) is 11.5 Å². The Morgan fingerprint density at radius 1 is 1.25 bits per heavy atom. The molecule has 4 rings (SSSR count). The number of fused-ring (bicyclic) bond motifs is 2. The molecule has 1 aromatic carbocycles. The van der Waals surface area contributed by atoms with Crippen molar-refractivity contribution in [2.24, 2.45) is 0 Å². The molecule has 1 aromatic heterocycles. The van der Waals surface area contributed by atoms with Crippen LogP contribution in [0.3, 0.4) is 0 Å². The molecule has 0 spiro atoms. The van der Waals surface area contributed by atoms with Crippen molar-refractivity contribution in [1.82, 2.24) is 9.78 Å². The van der Waals surface area contributed by atoms with Crippen molar-refractivity contribution in [2.75, 3.05) is 25.1 Å². The molecule has 1 unspecified atom stereocenters. The maximum atomic E-state index is 5.68. The van der Waals surface area contributed by atoms with Crippen LogP contribution in [-0.2, 0) is 0 Å². The second kappa shape index (κ2) is 4.44. The SMILES string of the molecule is Cc1cnn2c1NCCC2c1ccc2c(c1)OCCO2. The lowest BCUT2D eigenvalue weighted by Gasteiger charge is -2.27. The smallest absolute Gasteiger partial charge is 0.161 e. The highest BCUT2D eigenvalue weighted by Crippen LogP contribution is 2.36. The van der Waals surface area contributed by atoms with Crippen molar-refractivity contribution in [2.45, 2.75) is 19.4 Å². The fourth-order valence-electron chi connectivity index (χ4n) is 2.93. The summed E-state index contributed by atoms with van der Waals surface area (Å²) < 4.78 is 13.3. The van der Waals surface area contributed by atoms with Crippen molar-refractivity contribution in [3.8, 4) is 11.5 Å². The van der Waals surface area contributed by atoms with Crippen LogP contribution < -0.4 is 14.8 Å². The second-order valence-electron chi connectivity index (χ2n) is 5.26. The number of rotatable bonds is 1. The topological polar surface area (TPSA) is 48.3 Å². The highest BCUT2D eigenvalue weighted by molar-refractivity contribution is 5.49. The summed E-state index contributed by atoms with van der Waals surface area (Å²) in [5, 5.41) is 7.93. The molecule has 2 aromatic rings. The summed E-state index contributed by atoms with van der Waals surface area (Å²) >= 11 is 0. The minimum Gasteiger partial charge on any atom is -0.486 e. The maximum absolute atomic E-state index is 5.68. The Hall–Kier alpha value is -2.17. The zero-order chi connectivity index (χ0) is 13.5. The van der Waals surface area contributed by atoms with Gasteiger partial charge in [0.15, 0.2) is 11.5 Å². The maximum Gasteiger partial charge on any atom is 0.161 e. The molecular weight excluding hydrogens is 254 g/mol. The Balaban J connectivity index is 1.75. The van der Waals surface area contributed by atoms with Gasteiger partial charge in [-0.1, -0.05) is 6.07 Å². The summed E-state index contributed by atoms with van der Waals surface area (Å²) in [7, 11) is 0. The van der Waals surface area contributed by atoms with Gasteiger partial charge in [0.05, 0.1) is 12.2 Å². The van der Waals surface area contributed by atoms with Crippen LogP contribution in [0.15, 0.2) is 24.4 Å². The lowest BCUT2D eigenvalue weighted by molar-refractivity contribution is 0.171. The van der Waals surface area contributed by atoms with Crippen LogP contribution in [0, 0.1) is 6.92 Å². The van der Waals surface area contributed by atoms with E-state index in [1.54, 1.807) is 0 Å². The first kappa shape index (κ1) is 11.6. The van der Waals surface area contributed by atoms with Gasteiger partial charge in [-0.05, 0) is 31.0 Å². The molecule has 3 heterocycles. The van der Waals surface area contributed by atoms with Gasteiger partial charge in [0, 0.05) is 12.1 Å². The van der Waals surface area contributed by atoms with Crippen molar-refractivity contribution >= 4 is 5.82 Å². The van der Waals surface area contributed by atoms with Crippen LogP contribution in [-0.4, -0.2) is 29.5 Å². The van der Waals surface area contributed by atoms with E-state index in [1.807, 2.05) is 12.3 Å². The molecule has 0 bridgehead atoms. The molecule has 1 N–H and O–H groups in total. The van der Waals surface area contributed by atoms with Gasteiger partial charge < -0.3 is 14.8 Å². The number of hydrogen-bond acceptors (Lipinski definition) is 4. The summed E-state index contributed by atoms with van der Waals surface area (Å²) in [5.41, 5.74) is 2.41. The van der Waals surface area contributed by atoms with Gasteiger partial charge >= 0.3 is 0 Å². The molecule has 1 atom stereocenters. The van der Waals surface area contributed by atoms with E-state index in [2.05, 4.69) is 34.2 Å². The molecule has 0 aliphatic carbocycles. The zero-order valence-corrected chi connectivity index (χ0v) is 11.4. The Kier molecular flexibility index (Phi) is 2.58. The molecule has 0 amide bonds. The third-order valence-electron chi connectivity index (χ3n) is 3.93. The van der Waals surface area contributed by atoms with Crippen molar-refractivity contribution < 1.29 is 9.47 Å². The first-order chi connectivity index (χ1) is 9.83. The van der Waals surface area contributed by atoms with E-state index in [4.69, 9.17) is 9.47 Å². The summed E-state index contributed by atoms with van der Waals surface area (Å²) in [6.07, 6.45) is 2.94. The fraction of sp³-hybridized carbons (Fsp3) is 0.400. The van der Waals surface area contributed by atoms with E-state index in [1.165, 1.54) is 11.1 Å². The monoisotopic (exact) mass is 271 g/mol. The lowest BCUT2D eigenvalue weighted by Crippen LogP contribution is -2.25. The second-order valence-corrected chi connectivity index (χ2v) is 5.26. The minimum atomic E-state index is 0.260. The number of benzene rings is 1. The first-order valence-electron chi connectivity index (χ1n) is 7.00. The van der Waals surface area contributed by atoms with E-state index < -0.39 is 0 Å². The molecule has 2 aliphatic heterocycles. The average Bonchev–Trinajstić information content (AvgIpc) is 2.88. The zero-order valence-electron chi connectivity index (χ0n) is 11.4. The Labute approximate surface area is 117 Å². The molecule has 5 heteroatoms. The number of hydrogen-bond donors (Lipinski definition) is 1. The fourth-order valence-corrected chi connectivity index (χ4v) is 2.93. The van der Waals surface area contributed by atoms with Gasteiger partial charge in [0.2, 0.25) is 0 Å². The van der Waals surface area contributed by atoms with E-state index in [9.17, 15) is 0 Å². The first-order valence-corrected chi connectivity index (χ1v) is 7.00. The van der Waals surface area contributed by atoms with Crippen molar-refractivity contribution in [1.29, 1.82) is 0 Å². The van der Waals surface area contributed by atoms with Crippen LogP contribution >= 0.6 is 0 Å². The summed E-state index contributed by atoms with van der Waals surface area (Å²) in [6, 6.07) is 6.47. The summed E-state index contributed by atoms with van der Waals surface area (Å²) in [5.74, 6) is 2.81. The van der Waals surface area contributed by atoms with Crippen LogP contribution in [0.2, 0.25) is 0 Å². The Bertz CT molecular complexity index is 651. The minimum absolute atomic E-state index is 0.260. The molecule has 104 valence electrons. The molecule has 0 radical (unpaired) electrons. The molecule has 0 saturated heterocycles. The molecule has 0 fully saturated rings. The van der Waals surface area contributed by atoms with Gasteiger partial charge in [-0.3, -0.25) is 0 Å². The number of anilines is 1. The number of nitrogens with one attached hydrogen (secondary N) is 1. The molecule has 20 heavy (non-hydrogen) atoms. The van der Waals surface area contributed by atoms with Crippen LogP contribution in [0.25, 0.3) is 0 Å². The molecule has 5 nitrogen and oxygen atoms in total. The van der Waals surface area contributed by atoms with E-state index in [0.717, 1.165) is 30.3 Å². The normalized spacial score (nSPS) is 20.1. The quantitative estimate of drug-likeness (QED) is 0.865. The van der Waals surface area contributed by atoms with Gasteiger partial charge in [0.1, 0.15) is 19.0 Å². The van der Waals surface area contributed by atoms with Gasteiger partial charge in [-0.25, -0.2) is 4.68 Å². The summed E-state index contributed by atoms with van der Waals surface area (Å²) in [6.45, 7) is 4.29. The van der Waals surface area contributed by atoms with Crippen molar-refractivity contribution in [3.63, 3.8) is 0 Å². The predicted molar refractivity (Wildman–Crippen MR) is 75.6 cm³/mol. The number of ether oxygens (including phenoxy) is 2. The highest BCUT2D eigenvalue weighted by atomic mass is 16.6. The van der Waals surface area contributed by atoms with E-state index in [-0.39, 0.29) is 6.04 Å². The number of nitrogens with zero attached hydrogens (tertiary/aromatic N) is 2. The molecular formula is C15H17N3O2. The van der Waals surface area contributed by atoms with Crippen LogP contribution in [0.1, 0.15) is 23.6 Å². The average molecular weight is 271 g/mol. The van der Waals surface area contributed by atoms with Gasteiger partial charge in [-0.2, -0.15) is 5.10 Å².